The van der Waals surface area contributed by atoms with E-state index < -0.39 is 6.10 Å². The van der Waals surface area contributed by atoms with Gasteiger partial charge >= 0.3 is 17.9 Å². The van der Waals surface area contributed by atoms with E-state index in [4.69, 9.17) is 14.2 Å². The summed E-state index contributed by atoms with van der Waals surface area (Å²) in [5.74, 6) is 0.854. The summed E-state index contributed by atoms with van der Waals surface area (Å²) in [4.78, 5) is 38.0. The van der Waals surface area contributed by atoms with Gasteiger partial charge in [-0.25, -0.2) is 0 Å². The number of esters is 3. The van der Waals surface area contributed by atoms with Crippen LogP contribution in [0.1, 0.15) is 291 Å². The van der Waals surface area contributed by atoms with Gasteiger partial charge in [-0.2, -0.15) is 0 Å². The number of hydrogen-bond acceptors (Lipinski definition) is 6. The van der Waals surface area contributed by atoms with Crippen LogP contribution in [0, 0.1) is 11.8 Å². The lowest BCUT2D eigenvalue weighted by atomic mass is 9.99. The molecule has 0 aromatic heterocycles. The van der Waals surface area contributed by atoms with Crippen molar-refractivity contribution in [1.29, 1.82) is 0 Å². The third-order valence-electron chi connectivity index (χ3n) is 12.3. The summed E-state index contributed by atoms with van der Waals surface area (Å²) in [5.41, 5.74) is 0. The minimum atomic E-state index is -0.761. The monoisotopic (exact) mass is 835 g/mol. The van der Waals surface area contributed by atoms with Crippen LogP contribution >= 0.6 is 0 Å². The Morgan fingerprint density at radius 2 is 0.644 bits per heavy atom. The van der Waals surface area contributed by atoms with Gasteiger partial charge in [0, 0.05) is 19.3 Å². The minimum Gasteiger partial charge on any atom is -0.462 e. The number of rotatable bonds is 47. The van der Waals surface area contributed by atoms with Crippen LogP contribution in [0.4, 0.5) is 0 Å². The summed E-state index contributed by atoms with van der Waals surface area (Å²) in [7, 11) is 0. The number of ether oxygens (including phenoxy) is 3. The summed E-state index contributed by atoms with van der Waals surface area (Å²) in [6, 6.07) is 0. The fourth-order valence-electron chi connectivity index (χ4n) is 7.96. The fourth-order valence-corrected chi connectivity index (χ4v) is 7.96. The maximum Gasteiger partial charge on any atom is 0.306 e. The maximum atomic E-state index is 12.8. The van der Waals surface area contributed by atoms with Crippen molar-refractivity contribution in [2.45, 2.75) is 298 Å². The predicted octanol–water partition coefficient (Wildman–Crippen LogP) is 16.9. The van der Waals surface area contributed by atoms with E-state index in [1.54, 1.807) is 0 Å². The second-order valence-electron chi connectivity index (χ2n) is 18.9. The van der Waals surface area contributed by atoms with Crippen LogP contribution in [0.5, 0.6) is 0 Å². The Labute approximate surface area is 368 Å². The molecule has 0 aliphatic carbocycles. The highest BCUT2D eigenvalue weighted by Crippen LogP contribution is 2.18. The molecule has 6 nitrogen and oxygen atoms in total. The molecule has 0 aliphatic heterocycles. The molecule has 0 bridgehead atoms. The largest absolute Gasteiger partial charge is 0.462 e. The summed E-state index contributed by atoms with van der Waals surface area (Å²) < 4.78 is 16.8. The highest BCUT2D eigenvalue weighted by atomic mass is 16.6. The Kier molecular flexibility index (Phi) is 44.7. The SMILES string of the molecule is CCCCCCCCCCCCCCC(=O)OC[C@@H](COC(=O)CCCCCCCCCCCCCCC(C)C)OC(=O)CCCCCCCCCCCCC(C)CC. The Balaban J connectivity index is 4.32. The van der Waals surface area contributed by atoms with Crippen LogP contribution in [0.2, 0.25) is 0 Å². The molecule has 0 radical (unpaired) electrons. The Hall–Kier alpha value is -1.59. The van der Waals surface area contributed by atoms with Crippen LogP contribution in [-0.2, 0) is 28.6 Å². The second-order valence-corrected chi connectivity index (χ2v) is 18.9. The number of carbonyl (C=O) groups is 3. The first-order chi connectivity index (χ1) is 28.8. The molecular weight excluding hydrogens is 733 g/mol. The lowest BCUT2D eigenvalue weighted by Crippen LogP contribution is -2.30. The standard InChI is InChI=1S/C53H102O6/c1-6-8-9-10-11-12-13-17-23-28-33-38-43-51(54)57-46-50(59-53(56)45-40-35-30-25-20-19-22-27-32-37-42-49(5)7-2)47-58-52(55)44-39-34-29-24-18-15-14-16-21-26-31-36-41-48(3)4/h48-50H,6-47H2,1-5H3/t49?,50-/m0/s1. The highest BCUT2D eigenvalue weighted by Gasteiger charge is 2.19. The first-order valence-corrected chi connectivity index (χ1v) is 26.3. The third kappa shape index (κ3) is 45.8. The molecule has 0 N–H and O–H groups in total. The molecular formula is C53H102O6. The zero-order chi connectivity index (χ0) is 43.3. The summed E-state index contributed by atoms with van der Waals surface area (Å²) >= 11 is 0. The van der Waals surface area contributed by atoms with E-state index >= 15 is 0 Å². The molecule has 0 aliphatic rings. The van der Waals surface area contributed by atoms with Gasteiger partial charge in [-0.1, -0.05) is 253 Å². The molecule has 2 atom stereocenters. The van der Waals surface area contributed by atoms with Gasteiger partial charge in [-0.15, -0.1) is 0 Å². The maximum absolute atomic E-state index is 12.8. The van der Waals surface area contributed by atoms with E-state index in [0.717, 1.165) is 69.6 Å². The van der Waals surface area contributed by atoms with Gasteiger partial charge in [0.05, 0.1) is 0 Å². The van der Waals surface area contributed by atoms with Gasteiger partial charge in [-0.3, -0.25) is 14.4 Å². The molecule has 0 fully saturated rings. The predicted molar refractivity (Wildman–Crippen MR) is 252 cm³/mol. The quantitative estimate of drug-likeness (QED) is 0.0345. The van der Waals surface area contributed by atoms with E-state index in [9.17, 15) is 14.4 Å². The van der Waals surface area contributed by atoms with Crippen molar-refractivity contribution in [2.24, 2.45) is 11.8 Å². The van der Waals surface area contributed by atoms with Gasteiger partial charge in [0.15, 0.2) is 6.10 Å². The Bertz CT molecular complexity index is 902. The molecule has 0 aromatic rings. The van der Waals surface area contributed by atoms with E-state index in [-0.39, 0.29) is 31.1 Å². The topological polar surface area (TPSA) is 78.9 Å². The summed E-state index contributed by atoms with van der Waals surface area (Å²) in [6.07, 6.45) is 46.5. The van der Waals surface area contributed by atoms with Gasteiger partial charge in [-0.05, 0) is 31.1 Å². The Morgan fingerprint density at radius 3 is 0.966 bits per heavy atom. The molecule has 0 heterocycles. The van der Waals surface area contributed by atoms with Crippen LogP contribution in [0.15, 0.2) is 0 Å². The Morgan fingerprint density at radius 1 is 0.356 bits per heavy atom. The highest BCUT2D eigenvalue weighted by molar-refractivity contribution is 5.71. The third-order valence-corrected chi connectivity index (χ3v) is 12.3. The van der Waals surface area contributed by atoms with Crippen LogP contribution in [-0.4, -0.2) is 37.2 Å². The average Bonchev–Trinajstić information content (AvgIpc) is 3.22. The fraction of sp³-hybridized carbons (Fsp3) is 0.943. The van der Waals surface area contributed by atoms with Crippen molar-refractivity contribution in [3.63, 3.8) is 0 Å². The van der Waals surface area contributed by atoms with Crippen molar-refractivity contribution < 1.29 is 28.6 Å². The van der Waals surface area contributed by atoms with Crippen molar-refractivity contribution in [1.82, 2.24) is 0 Å². The van der Waals surface area contributed by atoms with Gasteiger partial charge in [0.25, 0.3) is 0 Å². The molecule has 0 saturated carbocycles. The number of carbonyl (C=O) groups excluding carboxylic acids is 3. The van der Waals surface area contributed by atoms with Crippen LogP contribution in [0.3, 0.4) is 0 Å². The van der Waals surface area contributed by atoms with Crippen molar-refractivity contribution >= 4 is 17.9 Å². The summed E-state index contributed by atoms with van der Waals surface area (Å²) in [6.45, 7) is 11.4. The molecule has 0 aromatic carbocycles. The molecule has 59 heavy (non-hydrogen) atoms. The van der Waals surface area contributed by atoms with Crippen LogP contribution < -0.4 is 0 Å². The molecule has 0 amide bonds. The van der Waals surface area contributed by atoms with E-state index in [1.165, 1.54) is 180 Å². The molecule has 0 saturated heterocycles. The van der Waals surface area contributed by atoms with Crippen molar-refractivity contribution in [3.8, 4) is 0 Å². The number of unbranched alkanes of at least 4 members (excludes halogenated alkanes) is 31. The zero-order valence-electron chi connectivity index (χ0n) is 40.4. The molecule has 0 spiro atoms. The van der Waals surface area contributed by atoms with E-state index in [2.05, 4.69) is 34.6 Å². The second kappa shape index (κ2) is 45.9. The molecule has 1 unspecified atom stereocenters. The minimum absolute atomic E-state index is 0.0636. The molecule has 350 valence electrons. The summed E-state index contributed by atoms with van der Waals surface area (Å²) in [5, 5.41) is 0. The molecule has 0 rings (SSSR count). The first kappa shape index (κ1) is 57.4. The van der Waals surface area contributed by atoms with Crippen LogP contribution in [0.25, 0.3) is 0 Å². The normalized spacial score (nSPS) is 12.5. The zero-order valence-corrected chi connectivity index (χ0v) is 40.4. The lowest BCUT2D eigenvalue weighted by Gasteiger charge is -2.18. The first-order valence-electron chi connectivity index (χ1n) is 26.3. The van der Waals surface area contributed by atoms with E-state index in [0.29, 0.717) is 19.3 Å². The average molecular weight is 835 g/mol. The van der Waals surface area contributed by atoms with Gasteiger partial charge < -0.3 is 14.2 Å². The number of hydrogen-bond donors (Lipinski definition) is 0. The lowest BCUT2D eigenvalue weighted by molar-refractivity contribution is -0.167. The smallest absolute Gasteiger partial charge is 0.306 e. The van der Waals surface area contributed by atoms with Crippen molar-refractivity contribution in [2.75, 3.05) is 13.2 Å². The molecule has 6 heteroatoms. The van der Waals surface area contributed by atoms with E-state index in [1.807, 2.05) is 0 Å². The van der Waals surface area contributed by atoms with Gasteiger partial charge in [0.2, 0.25) is 0 Å². The van der Waals surface area contributed by atoms with Gasteiger partial charge in [0.1, 0.15) is 13.2 Å². The van der Waals surface area contributed by atoms with Crippen molar-refractivity contribution in [3.05, 3.63) is 0 Å².